The summed E-state index contributed by atoms with van der Waals surface area (Å²) < 4.78 is 79.4. The molecule has 0 spiro atoms. The molecule has 0 radical (unpaired) electrons. The van der Waals surface area contributed by atoms with Crippen LogP contribution in [-0.4, -0.2) is 81.3 Å². The first kappa shape index (κ1) is 30.7. The molecule has 4 rings (SSSR count). The number of hydrogen-bond acceptors (Lipinski definition) is 8. The molecule has 0 bridgehead atoms. The lowest BCUT2D eigenvalue weighted by Crippen LogP contribution is -2.41. The van der Waals surface area contributed by atoms with Crippen LogP contribution < -0.4 is 11.0 Å². The Morgan fingerprint density at radius 2 is 1.64 bits per heavy atom. The molecule has 3 heterocycles. The highest BCUT2D eigenvalue weighted by Gasteiger charge is 2.40. The smallest absolute Gasteiger partial charge is 0.382 e. The van der Waals surface area contributed by atoms with E-state index in [0.29, 0.717) is 9.59 Å². The highest BCUT2D eigenvalue weighted by molar-refractivity contribution is 6.30. The van der Waals surface area contributed by atoms with Crippen molar-refractivity contribution >= 4 is 17.5 Å². The lowest BCUT2D eigenvalue weighted by Gasteiger charge is -2.15. The fourth-order valence-electron chi connectivity index (χ4n) is 3.56. The van der Waals surface area contributed by atoms with E-state index in [2.05, 4.69) is 20.2 Å². The minimum Gasteiger partial charge on any atom is -0.382 e. The minimum absolute atomic E-state index is 0.0247. The van der Waals surface area contributed by atoms with Crippen LogP contribution in [0.5, 0.6) is 0 Å². The van der Waals surface area contributed by atoms with E-state index in [1.54, 1.807) is 0 Å². The molecular formula is C23H19ClF6N8O4. The van der Waals surface area contributed by atoms with Gasteiger partial charge in [0.25, 0.3) is 5.91 Å². The number of amides is 1. The molecule has 0 saturated carbocycles. The number of nitrogens with one attached hydrogen (secondary N) is 1. The third kappa shape index (κ3) is 6.94. The van der Waals surface area contributed by atoms with Gasteiger partial charge in [-0.15, -0.1) is 10.2 Å². The average molecular weight is 621 g/mol. The van der Waals surface area contributed by atoms with E-state index in [-0.39, 0.29) is 28.6 Å². The number of pyridine rings is 1. The molecule has 2 atom stereocenters. The molecule has 0 fully saturated rings. The summed E-state index contributed by atoms with van der Waals surface area (Å²) >= 11 is 5.87. The number of carbonyl (C=O) groups is 1. The number of rotatable bonds is 9. The SMILES string of the molecule is O=C(NCC(O)C(F)(F)F)c1ncccc1-n1cnc(Cn2nc(-c3ccc(Cl)cc3)n(CC(O)C(F)(F)F)c2=O)n1. The second-order valence-electron chi connectivity index (χ2n) is 8.68. The summed E-state index contributed by atoms with van der Waals surface area (Å²) in [6, 6.07) is 8.44. The summed E-state index contributed by atoms with van der Waals surface area (Å²) in [6.45, 7) is -2.74. The van der Waals surface area contributed by atoms with E-state index in [4.69, 9.17) is 16.7 Å². The van der Waals surface area contributed by atoms with E-state index in [0.717, 1.165) is 15.7 Å². The van der Waals surface area contributed by atoms with Crippen LogP contribution in [0.4, 0.5) is 26.3 Å². The molecule has 42 heavy (non-hydrogen) atoms. The van der Waals surface area contributed by atoms with E-state index < -0.39 is 55.8 Å². The molecule has 2 unspecified atom stereocenters. The molecule has 0 saturated heterocycles. The molecule has 3 N–H and O–H groups in total. The van der Waals surface area contributed by atoms with Gasteiger partial charge in [-0.05, 0) is 36.4 Å². The molecule has 1 aromatic carbocycles. The molecule has 4 aromatic rings. The molecule has 12 nitrogen and oxygen atoms in total. The number of benzene rings is 1. The summed E-state index contributed by atoms with van der Waals surface area (Å²) in [6.07, 6.45) is -13.4. The Bertz CT molecular complexity index is 1620. The Morgan fingerprint density at radius 3 is 2.29 bits per heavy atom. The van der Waals surface area contributed by atoms with Crippen molar-refractivity contribution in [1.29, 1.82) is 0 Å². The van der Waals surface area contributed by atoms with Crippen LogP contribution in [0.1, 0.15) is 16.3 Å². The van der Waals surface area contributed by atoms with Gasteiger partial charge in [0.2, 0.25) is 0 Å². The Labute approximate surface area is 235 Å². The number of nitrogens with zero attached hydrogens (tertiary/aromatic N) is 7. The van der Waals surface area contributed by atoms with Gasteiger partial charge in [-0.2, -0.15) is 26.3 Å². The van der Waals surface area contributed by atoms with Crippen molar-refractivity contribution in [2.75, 3.05) is 6.54 Å². The van der Waals surface area contributed by atoms with Gasteiger partial charge in [-0.25, -0.2) is 24.1 Å². The summed E-state index contributed by atoms with van der Waals surface area (Å²) in [5, 5.41) is 29.2. The maximum Gasteiger partial charge on any atom is 0.416 e. The number of carbonyl (C=O) groups excluding carboxylic acids is 1. The highest BCUT2D eigenvalue weighted by Crippen LogP contribution is 2.24. The van der Waals surface area contributed by atoms with E-state index in [1.165, 1.54) is 42.6 Å². The molecule has 0 aliphatic rings. The van der Waals surface area contributed by atoms with Gasteiger partial charge in [-0.3, -0.25) is 9.36 Å². The van der Waals surface area contributed by atoms with Crippen LogP contribution in [0.25, 0.3) is 17.1 Å². The summed E-state index contributed by atoms with van der Waals surface area (Å²) in [5.74, 6) is -1.35. The second kappa shape index (κ2) is 11.9. The molecule has 224 valence electrons. The van der Waals surface area contributed by atoms with Gasteiger partial charge in [0.15, 0.2) is 29.6 Å². The number of alkyl halides is 6. The summed E-state index contributed by atoms with van der Waals surface area (Å²) in [4.78, 5) is 33.4. The quantitative estimate of drug-likeness (QED) is 0.240. The van der Waals surface area contributed by atoms with Gasteiger partial charge in [0.1, 0.15) is 12.9 Å². The number of aliphatic hydroxyl groups excluding tert-OH is 2. The lowest BCUT2D eigenvalue weighted by molar-refractivity contribution is -0.207. The molecular weight excluding hydrogens is 602 g/mol. The van der Waals surface area contributed by atoms with Crippen molar-refractivity contribution < 1.29 is 41.4 Å². The zero-order valence-electron chi connectivity index (χ0n) is 20.9. The Hall–Kier alpha value is -4.29. The van der Waals surface area contributed by atoms with Gasteiger partial charge >= 0.3 is 18.0 Å². The Morgan fingerprint density at radius 1 is 0.976 bits per heavy atom. The lowest BCUT2D eigenvalue weighted by atomic mass is 10.2. The van der Waals surface area contributed by atoms with Gasteiger partial charge < -0.3 is 15.5 Å². The fraction of sp³-hybridized carbons (Fsp3) is 0.304. The summed E-state index contributed by atoms with van der Waals surface area (Å²) in [5.41, 5.74) is -1.19. The van der Waals surface area contributed by atoms with Crippen molar-refractivity contribution in [3.05, 3.63) is 75.9 Å². The molecule has 0 aliphatic carbocycles. The predicted molar refractivity (Wildman–Crippen MR) is 132 cm³/mol. The third-order valence-corrected chi connectivity index (χ3v) is 5.92. The fourth-order valence-corrected chi connectivity index (χ4v) is 3.69. The zero-order valence-corrected chi connectivity index (χ0v) is 21.6. The first-order valence-corrected chi connectivity index (χ1v) is 12.1. The topological polar surface area (TPSA) is 153 Å². The van der Waals surface area contributed by atoms with Gasteiger partial charge in [-0.1, -0.05) is 11.6 Å². The standard InChI is InChI=1S/C23H19ClF6N8O4/c24-13-5-3-12(4-6-13)19-35-37(21(42)36(19)9-16(40)23(28,29)30)10-17-33-11-38(34-17)14-2-1-7-31-18(14)20(41)32-8-15(39)22(25,26)27/h1-7,11,15-16,39-40H,8-10H2,(H,32,41). The largest absolute Gasteiger partial charge is 0.416 e. The van der Waals surface area contributed by atoms with E-state index in [9.17, 15) is 41.0 Å². The van der Waals surface area contributed by atoms with Crippen molar-refractivity contribution in [1.82, 2.24) is 39.4 Å². The van der Waals surface area contributed by atoms with Crippen molar-refractivity contribution in [2.24, 2.45) is 0 Å². The first-order chi connectivity index (χ1) is 19.6. The van der Waals surface area contributed by atoms with Crippen LogP contribution in [0.15, 0.2) is 53.7 Å². The van der Waals surface area contributed by atoms with Crippen LogP contribution >= 0.6 is 11.6 Å². The second-order valence-corrected chi connectivity index (χ2v) is 9.12. The Balaban J connectivity index is 1.62. The van der Waals surface area contributed by atoms with Gasteiger partial charge in [0, 0.05) is 16.8 Å². The Kier molecular flexibility index (Phi) is 8.69. The van der Waals surface area contributed by atoms with E-state index >= 15 is 0 Å². The number of aliphatic hydroxyl groups is 2. The van der Waals surface area contributed by atoms with Crippen LogP contribution in [0.3, 0.4) is 0 Å². The number of aromatic nitrogens is 7. The average Bonchev–Trinajstić information content (AvgIpc) is 3.51. The predicted octanol–water partition coefficient (Wildman–Crippen LogP) is 1.97. The molecule has 0 aliphatic heterocycles. The highest BCUT2D eigenvalue weighted by atomic mass is 35.5. The first-order valence-electron chi connectivity index (χ1n) is 11.7. The van der Waals surface area contributed by atoms with Gasteiger partial charge in [0.05, 0.1) is 18.8 Å². The maximum absolute atomic E-state index is 13.1. The van der Waals surface area contributed by atoms with E-state index in [1.807, 2.05) is 5.32 Å². The monoisotopic (exact) mass is 620 g/mol. The zero-order chi connectivity index (χ0) is 30.8. The molecule has 1 amide bonds. The summed E-state index contributed by atoms with van der Waals surface area (Å²) in [7, 11) is 0. The van der Waals surface area contributed by atoms with Crippen molar-refractivity contribution in [2.45, 2.75) is 37.7 Å². The van der Waals surface area contributed by atoms with Crippen molar-refractivity contribution in [3.63, 3.8) is 0 Å². The maximum atomic E-state index is 13.1. The number of hydrogen-bond donors (Lipinski definition) is 3. The van der Waals surface area contributed by atoms with Crippen LogP contribution in [-0.2, 0) is 13.1 Å². The molecule has 19 heteroatoms. The van der Waals surface area contributed by atoms with Crippen LogP contribution in [0.2, 0.25) is 5.02 Å². The normalized spacial score (nSPS) is 13.6. The third-order valence-electron chi connectivity index (χ3n) is 5.67. The molecule has 3 aromatic heterocycles. The van der Waals surface area contributed by atoms with Crippen LogP contribution in [0, 0.1) is 0 Å². The minimum atomic E-state index is -5.02. The number of halogens is 7. The van der Waals surface area contributed by atoms with Crippen molar-refractivity contribution in [3.8, 4) is 17.1 Å².